The number of hydrogen-bond donors (Lipinski definition) is 1. The third-order valence-electron chi connectivity index (χ3n) is 3.44. The predicted molar refractivity (Wildman–Crippen MR) is 66.0 cm³/mol. The van der Waals surface area contributed by atoms with Gasteiger partial charge in [0, 0.05) is 19.8 Å². The molecule has 1 aromatic heterocycles. The third-order valence-corrected chi connectivity index (χ3v) is 3.44. The van der Waals surface area contributed by atoms with Crippen LogP contribution in [-0.2, 0) is 12.7 Å². The van der Waals surface area contributed by atoms with E-state index in [0.29, 0.717) is 12.2 Å². The summed E-state index contributed by atoms with van der Waals surface area (Å²) >= 11 is 0. The number of pyridine rings is 1. The number of alkyl halides is 3. The van der Waals surface area contributed by atoms with Gasteiger partial charge in [0.15, 0.2) is 0 Å². The van der Waals surface area contributed by atoms with Gasteiger partial charge in [0.2, 0.25) is 0 Å². The zero-order valence-corrected chi connectivity index (χ0v) is 10.9. The first-order valence-corrected chi connectivity index (χ1v) is 6.42. The lowest BCUT2D eigenvalue weighted by molar-refractivity contribution is -0.137. The molecule has 1 saturated carbocycles. The second kappa shape index (κ2) is 5.88. The van der Waals surface area contributed by atoms with Crippen molar-refractivity contribution in [3.63, 3.8) is 0 Å². The highest BCUT2D eigenvalue weighted by molar-refractivity contribution is 5.16. The lowest BCUT2D eigenvalue weighted by Gasteiger charge is -2.30. The van der Waals surface area contributed by atoms with E-state index in [2.05, 4.69) is 10.4 Å². The van der Waals surface area contributed by atoms with E-state index in [9.17, 15) is 13.2 Å². The SMILES string of the molecule is CN(CC1CCC1)NCc1ccc(C(F)(F)F)cn1. The quantitative estimate of drug-likeness (QED) is 0.836. The Bertz CT molecular complexity index is 399. The van der Waals surface area contributed by atoms with Crippen molar-refractivity contribution < 1.29 is 13.2 Å². The summed E-state index contributed by atoms with van der Waals surface area (Å²) in [4.78, 5) is 3.82. The molecule has 2 rings (SSSR count). The first-order valence-electron chi connectivity index (χ1n) is 6.42. The Labute approximate surface area is 110 Å². The number of hydrazine groups is 1. The molecule has 0 aliphatic heterocycles. The summed E-state index contributed by atoms with van der Waals surface area (Å²) in [5.41, 5.74) is 3.04. The van der Waals surface area contributed by atoms with Crippen molar-refractivity contribution in [2.75, 3.05) is 13.6 Å². The highest BCUT2D eigenvalue weighted by atomic mass is 19.4. The van der Waals surface area contributed by atoms with Crippen LogP contribution in [0.25, 0.3) is 0 Å². The zero-order valence-electron chi connectivity index (χ0n) is 10.9. The van der Waals surface area contributed by atoms with Crippen molar-refractivity contribution in [1.82, 2.24) is 15.4 Å². The first kappa shape index (κ1) is 14.3. The van der Waals surface area contributed by atoms with Crippen LogP contribution < -0.4 is 5.43 Å². The van der Waals surface area contributed by atoms with E-state index in [1.807, 2.05) is 12.1 Å². The van der Waals surface area contributed by atoms with Crippen LogP contribution in [-0.4, -0.2) is 23.6 Å². The van der Waals surface area contributed by atoms with Gasteiger partial charge in [-0.05, 0) is 30.9 Å². The smallest absolute Gasteiger partial charge is 0.259 e. The van der Waals surface area contributed by atoms with Crippen molar-refractivity contribution >= 4 is 0 Å². The van der Waals surface area contributed by atoms with Gasteiger partial charge in [0.05, 0.1) is 17.8 Å². The van der Waals surface area contributed by atoms with E-state index in [-0.39, 0.29) is 0 Å². The lowest BCUT2D eigenvalue weighted by Crippen LogP contribution is -2.39. The van der Waals surface area contributed by atoms with Crippen LogP contribution in [0.3, 0.4) is 0 Å². The van der Waals surface area contributed by atoms with Gasteiger partial charge in [0.1, 0.15) is 0 Å². The number of rotatable bonds is 5. The third kappa shape index (κ3) is 4.18. The summed E-state index contributed by atoms with van der Waals surface area (Å²) < 4.78 is 37.1. The van der Waals surface area contributed by atoms with E-state index in [0.717, 1.165) is 24.7 Å². The molecule has 0 amide bonds. The van der Waals surface area contributed by atoms with Crippen molar-refractivity contribution in [3.8, 4) is 0 Å². The number of aromatic nitrogens is 1. The van der Waals surface area contributed by atoms with E-state index in [4.69, 9.17) is 0 Å². The molecule has 1 fully saturated rings. The van der Waals surface area contributed by atoms with E-state index >= 15 is 0 Å². The van der Waals surface area contributed by atoms with Crippen molar-refractivity contribution in [2.45, 2.75) is 32.0 Å². The van der Waals surface area contributed by atoms with Crippen molar-refractivity contribution in [3.05, 3.63) is 29.6 Å². The molecule has 0 atom stereocenters. The number of nitrogens with zero attached hydrogens (tertiary/aromatic N) is 2. The minimum Gasteiger partial charge on any atom is -0.259 e. The standard InChI is InChI=1S/C13H18F3N3/c1-19(9-10-3-2-4-10)18-8-12-6-5-11(7-17-12)13(14,15)16/h5-7,10,18H,2-4,8-9H2,1H3. The fraction of sp³-hybridized carbons (Fsp3) is 0.615. The first-order chi connectivity index (χ1) is 8.95. The molecule has 106 valence electrons. The molecule has 0 aromatic carbocycles. The van der Waals surface area contributed by atoms with Crippen LogP contribution in [0.4, 0.5) is 13.2 Å². The van der Waals surface area contributed by atoms with Crippen LogP contribution in [0, 0.1) is 5.92 Å². The largest absolute Gasteiger partial charge is 0.417 e. The van der Waals surface area contributed by atoms with Gasteiger partial charge in [-0.3, -0.25) is 4.98 Å². The van der Waals surface area contributed by atoms with Crippen LogP contribution in [0.15, 0.2) is 18.3 Å². The van der Waals surface area contributed by atoms with Crippen LogP contribution in [0.5, 0.6) is 0 Å². The summed E-state index contributed by atoms with van der Waals surface area (Å²) in [6.45, 7) is 1.42. The molecule has 1 aromatic rings. The molecule has 0 radical (unpaired) electrons. The molecule has 0 saturated heterocycles. The summed E-state index contributed by atoms with van der Waals surface area (Å²) in [6, 6.07) is 2.48. The van der Waals surface area contributed by atoms with Crippen LogP contribution in [0.1, 0.15) is 30.5 Å². The lowest BCUT2D eigenvalue weighted by atomic mass is 9.85. The highest BCUT2D eigenvalue weighted by Crippen LogP contribution is 2.28. The molecule has 0 spiro atoms. The molecule has 1 aliphatic rings. The molecule has 1 aliphatic carbocycles. The van der Waals surface area contributed by atoms with Crippen molar-refractivity contribution in [1.29, 1.82) is 0 Å². The molecular weight excluding hydrogens is 255 g/mol. The van der Waals surface area contributed by atoms with Crippen molar-refractivity contribution in [2.24, 2.45) is 5.92 Å². The van der Waals surface area contributed by atoms with Crippen LogP contribution >= 0.6 is 0 Å². The molecule has 1 heterocycles. The number of hydrogen-bond acceptors (Lipinski definition) is 3. The predicted octanol–water partition coefficient (Wildman–Crippen LogP) is 2.84. The molecule has 6 heteroatoms. The molecule has 1 N–H and O–H groups in total. The Morgan fingerprint density at radius 2 is 2.11 bits per heavy atom. The van der Waals surface area contributed by atoms with E-state index in [1.54, 1.807) is 0 Å². The minimum atomic E-state index is -4.32. The summed E-state index contributed by atoms with van der Waals surface area (Å²) in [7, 11) is 1.95. The number of nitrogens with one attached hydrogen (secondary N) is 1. The Morgan fingerprint density at radius 3 is 2.58 bits per heavy atom. The topological polar surface area (TPSA) is 28.2 Å². The van der Waals surface area contributed by atoms with Gasteiger partial charge in [0.25, 0.3) is 0 Å². The van der Waals surface area contributed by atoms with Gasteiger partial charge in [-0.25, -0.2) is 10.4 Å². The van der Waals surface area contributed by atoms with Crippen LogP contribution in [0.2, 0.25) is 0 Å². The normalized spacial score (nSPS) is 16.7. The maximum Gasteiger partial charge on any atom is 0.417 e. The Hall–Kier alpha value is -1.14. The maximum absolute atomic E-state index is 12.4. The molecular formula is C13H18F3N3. The Kier molecular flexibility index (Phi) is 4.42. The molecule has 3 nitrogen and oxygen atoms in total. The Balaban J connectivity index is 1.79. The fourth-order valence-electron chi connectivity index (χ4n) is 2.04. The fourth-order valence-corrected chi connectivity index (χ4v) is 2.04. The molecule has 0 bridgehead atoms. The van der Waals surface area contributed by atoms with Gasteiger partial charge >= 0.3 is 6.18 Å². The minimum absolute atomic E-state index is 0.446. The average Bonchev–Trinajstić information content (AvgIpc) is 2.31. The monoisotopic (exact) mass is 273 g/mol. The highest BCUT2D eigenvalue weighted by Gasteiger charge is 2.30. The van der Waals surface area contributed by atoms with Gasteiger partial charge in [-0.2, -0.15) is 13.2 Å². The van der Waals surface area contributed by atoms with Gasteiger partial charge < -0.3 is 0 Å². The van der Waals surface area contributed by atoms with Gasteiger partial charge in [-0.15, -0.1) is 0 Å². The average molecular weight is 273 g/mol. The molecule has 19 heavy (non-hydrogen) atoms. The van der Waals surface area contributed by atoms with E-state index in [1.165, 1.54) is 25.3 Å². The number of halogens is 3. The van der Waals surface area contributed by atoms with E-state index < -0.39 is 11.7 Å². The second-order valence-electron chi connectivity index (χ2n) is 5.05. The summed E-state index contributed by atoms with van der Waals surface area (Å²) in [5.74, 6) is 0.748. The maximum atomic E-state index is 12.4. The zero-order chi connectivity index (χ0) is 13.9. The second-order valence-corrected chi connectivity index (χ2v) is 5.05. The summed E-state index contributed by atoms with van der Waals surface area (Å²) in [5, 5.41) is 1.99. The summed E-state index contributed by atoms with van der Waals surface area (Å²) in [6.07, 6.45) is 0.400. The Morgan fingerprint density at radius 1 is 1.37 bits per heavy atom. The molecule has 0 unspecified atom stereocenters. The van der Waals surface area contributed by atoms with Gasteiger partial charge in [-0.1, -0.05) is 6.42 Å².